The Hall–Kier alpha value is -1.09. The van der Waals surface area contributed by atoms with Crippen molar-refractivity contribution in [3.63, 3.8) is 0 Å². The highest BCUT2D eigenvalue weighted by atomic mass is 35.5. The van der Waals surface area contributed by atoms with Crippen molar-refractivity contribution >= 4 is 17.4 Å². The number of nitrogens with zero attached hydrogens (tertiary/aromatic N) is 1. The smallest absolute Gasteiger partial charge is 0.146 e. The minimum atomic E-state index is -0.208. The summed E-state index contributed by atoms with van der Waals surface area (Å²) < 4.78 is 5.93. The second-order valence-electron chi connectivity index (χ2n) is 5.29. The van der Waals surface area contributed by atoms with Gasteiger partial charge in [0.25, 0.3) is 0 Å². The number of halogens is 1. The SMILES string of the molecule is O=C1CC(Oc2cncc(Cl)c2)C12CCCCC2. The molecule has 1 aromatic heterocycles. The topological polar surface area (TPSA) is 39.2 Å². The number of aromatic nitrogens is 1. The molecule has 2 aliphatic carbocycles. The average molecular weight is 266 g/mol. The molecule has 1 aromatic rings. The van der Waals surface area contributed by atoms with E-state index in [0.717, 1.165) is 25.7 Å². The molecule has 0 bridgehead atoms. The molecule has 0 saturated heterocycles. The van der Waals surface area contributed by atoms with Crippen LogP contribution in [0.5, 0.6) is 5.75 Å². The average Bonchev–Trinajstić information content (AvgIpc) is 2.39. The molecule has 1 atom stereocenters. The standard InChI is InChI=1S/C14H16ClNO2/c15-10-6-11(9-16-8-10)18-13-7-12(17)14(13)4-2-1-3-5-14/h6,8-9,13H,1-5,7H2. The van der Waals surface area contributed by atoms with Crippen LogP contribution in [0.4, 0.5) is 0 Å². The lowest BCUT2D eigenvalue weighted by Gasteiger charge is -2.49. The molecular formula is C14H16ClNO2. The molecule has 3 rings (SSSR count). The van der Waals surface area contributed by atoms with Crippen LogP contribution in [-0.2, 0) is 4.79 Å². The van der Waals surface area contributed by atoms with E-state index in [0.29, 0.717) is 23.0 Å². The third-order valence-corrected chi connectivity index (χ3v) is 4.45. The molecule has 0 aromatic carbocycles. The number of Topliss-reactive ketones (excluding diaryl/α,β-unsaturated/α-hetero) is 1. The molecule has 96 valence electrons. The maximum absolute atomic E-state index is 12.0. The lowest BCUT2D eigenvalue weighted by molar-refractivity contribution is -0.156. The summed E-state index contributed by atoms with van der Waals surface area (Å²) in [7, 11) is 0. The normalized spacial score (nSPS) is 25.8. The number of carbonyl (C=O) groups excluding carboxylic acids is 1. The van der Waals surface area contributed by atoms with Gasteiger partial charge in [0, 0.05) is 18.7 Å². The van der Waals surface area contributed by atoms with Gasteiger partial charge in [-0.15, -0.1) is 0 Å². The van der Waals surface area contributed by atoms with Crippen molar-refractivity contribution < 1.29 is 9.53 Å². The monoisotopic (exact) mass is 265 g/mol. The molecule has 0 aliphatic heterocycles. The van der Waals surface area contributed by atoms with Gasteiger partial charge in [-0.25, -0.2) is 0 Å². The Bertz CT molecular complexity index is 469. The van der Waals surface area contributed by atoms with Gasteiger partial charge in [-0.05, 0) is 12.8 Å². The Labute approximate surface area is 112 Å². The number of hydrogen-bond donors (Lipinski definition) is 0. The highest BCUT2D eigenvalue weighted by Crippen LogP contribution is 2.50. The molecule has 1 spiro atoms. The van der Waals surface area contributed by atoms with Crippen LogP contribution in [0, 0.1) is 5.41 Å². The van der Waals surface area contributed by atoms with Gasteiger partial charge in [0.05, 0.1) is 16.6 Å². The third-order valence-electron chi connectivity index (χ3n) is 4.25. The van der Waals surface area contributed by atoms with E-state index in [9.17, 15) is 4.79 Å². The molecule has 1 heterocycles. The van der Waals surface area contributed by atoms with Crippen molar-refractivity contribution in [3.8, 4) is 5.75 Å². The molecule has 0 amide bonds. The predicted octanol–water partition coefficient (Wildman–Crippen LogP) is 3.41. The summed E-state index contributed by atoms with van der Waals surface area (Å²) in [6.07, 6.45) is 9.26. The zero-order chi connectivity index (χ0) is 12.6. The summed E-state index contributed by atoms with van der Waals surface area (Å²) in [5, 5.41) is 0.566. The summed E-state index contributed by atoms with van der Waals surface area (Å²) in [5.41, 5.74) is -0.208. The van der Waals surface area contributed by atoms with E-state index >= 15 is 0 Å². The second-order valence-corrected chi connectivity index (χ2v) is 5.73. The summed E-state index contributed by atoms with van der Waals surface area (Å²) >= 11 is 5.89. The van der Waals surface area contributed by atoms with Crippen LogP contribution >= 0.6 is 11.6 Å². The van der Waals surface area contributed by atoms with E-state index in [1.54, 1.807) is 18.5 Å². The fourth-order valence-electron chi connectivity index (χ4n) is 3.17. The van der Waals surface area contributed by atoms with Crippen LogP contribution in [0.15, 0.2) is 18.5 Å². The van der Waals surface area contributed by atoms with Crippen LogP contribution in [-0.4, -0.2) is 16.9 Å². The van der Waals surface area contributed by atoms with E-state index in [-0.39, 0.29) is 11.5 Å². The fourth-order valence-corrected chi connectivity index (χ4v) is 3.34. The summed E-state index contributed by atoms with van der Waals surface area (Å²) in [4.78, 5) is 16.0. The van der Waals surface area contributed by atoms with Gasteiger partial charge in [0.2, 0.25) is 0 Å². The number of ether oxygens (including phenoxy) is 1. The first kappa shape index (κ1) is 12.0. The van der Waals surface area contributed by atoms with Crippen LogP contribution in [0.3, 0.4) is 0 Å². The first-order valence-electron chi connectivity index (χ1n) is 6.51. The lowest BCUT2D eigenvalue weighted by Crippen LogP contribution is -2.57. The van der Waals surface area contributed by atoms with Gasteiger partial charge in [-0.2, -0.15) is 0 Å². The summed E-state index contributed by atoms with van der Waals surface area (Å²) in [5.74, 6) is 1.05. The maximum Gasteiger partial charge on any atom is 0.146 e. The van der Waals surface area contributed by atoms with E-state index in [1.165, 1.54) is 6.42 Å². The van der Waals surface area contributed by atoms with E-state index < -0.39 is 0 Å². The molecule has 0 N–H and O–H groups in total. The predicted molar refractivity (Wildman–Crippen MR) is 68.8 cm³/mol. The minimum absolute atomic E-state index is 0.0190. The Morgan fingerprint density at radius 1 is 1.28 bits per heavy atom. The van der Waals surface area contributed by atoms with Crippen molar-refractivity contribution in [2.24, 2.45) is 5.41 Å². The Morgan fingerprint density at radius 3 is 2.72 bits per heavy atom. The van der Waals surface area contributed by atoms with E-state index in [1.807, 2.05) is 0 Å². The Balaban J connectivity index is 1.75. The van der Waals surface area contributed by atoms with Crippen molar-refractivity contribution in [2.45, 2.75) is 44.6 Å². The minimum Gasteiger partial charge on any atom is -0.487 e. The highest BCUT2D eigenvalue weighted by Gasteiger charge is 2.56. The van der Waals surface area contributed by atoms with Gasteiger partial charge >= 0.3 is 0 Å². The van der Waals surface area contributed by atoms with Gasteiger partial charge in [-0.1, -0.05) is 30.9 Å². The van der Waals surface area contributed by atoms with Crippen molar-refractivity contribution in [3.05, 3.63) is 23.5 Å². The molecular weight excluding hydrogens is 250 g/mol. The van der Waals surface area contributed by atoms with Gasteiger partial charge in [-0.3, -0.25) is 9.78 Å². The molecule has 3 nitrogen and oxygen atoms in total. The summed E-state index contributed by atoms with van der Waals surface area (Å²) in [6, 6.07) is 1.76. The second kappa shape index (κ2) is 4.54. The van der Waals surface area contributed by atoms with Crippen molar-refractivity contribution in [2.75, 3.05) is 0 Å². The zero-order valence-electron chi connectivity index (χ0n) is 10.2. The fraction of sp³-hybridized carbons (Fsp3) is 0.571. The Morgan fingerprint density at radius 2 is 2.06 bits per heavy atom. The third kappa shape index (κ3) is 1.91. The molecule has 1 unspecified atom stereocenters. The van der Waals surface area contributed by atoms with Crippen LogP contribution < -0.4 is 4.74 Å². The van der Waals surface area contributed by atoms with Crippen molar-refractivity contribution in [1.29, 1.82) is 0 Å². The zero-order valence-corrected chi connectivity index (χ0v) is 10.9. The van der Waals surface area contributed by atoms with Crippen LogP contribution in [0.25, 0.3) is 0 Å². The summed E-state index contributed by atoms with van der Waals surface area (Å²) in [6.45, 7) is 0. The molecule has 18 heavy (non-hydrogen) atoms. The van der Waals surface area contributed by atoms with E-state index in [4.69, 9.17) is 16.3 Å². The van der Waals surface area contributed by atoms with Crippen molar-refractivity contribution in [1.82, 2.24) is 4.98 Å². The number of hydrogen-bond acceptors (Lipinski definition) is 3. The van der Waals surface area contributed by atoms with E-state index in [2.05, 4.69) is 4.98 Å². The largest absolute Gasteiger partial charge is 0.487 e. The van der Waals surface area contributed by atoms with Crippen LogP contribution in [0.1, 0.15) is 38.5 Å². The maximum atomic E-state index is 12.0. The molecule has 4 heteroatoms. The molecule has 2 aliphatic rings. The van der Waals surface area contributed by atoms with Gasteiger partial charge in [0.1, 0.15) is 17.6 Å². The Kier molecular flexibility index (Phi) is 3.02. The first-order chi connectivity index (χ1) is 8.71. The molecule has 2 saturated carbocycles. The number of rotatable bonds is 2. The number of pyridine rings is 1. The highest BCUT2D eigenvalue weighted by molar-refractivity contribution is 6.30. The van der Waals surface area contributed by atoms with Gasteiger partial charge < -0.3 is 4.74 Å². The van der Waals surface area contributed by atoms with Gasteiger partial charge in [0.15, 0.2) is 0 Å². The number of carbonyl (C=O) groups is 1. The van der Waals surface area contributed by atoms with Crippen LogP contribution in [0.2, 0.25) is 5.02 Å². The quantitative estimate of drug-likeness (QED) is 0.823. The number of ketones is 1. The lowest BCUT2D eigenvalue weighted by atomic mass is 9.57. The molecule has 2 fully saturated rings. The molecule has 0 radical (unpaired) electrons. The first-order valence-corrected chi connectivity index (χ1v) is 6.89.